The van der Waals surface area contributed by atoms with Gasteiger partial charge in [0, 0.05) is 18.6 Å². The monoisotopic (exact) mass is 880 g/mol. The van der Waals surface area contributed by atoms with E-state index in [1.165, 1.54) is 52.6 Å². The van der Waals surface area contributed by atoms with E-state index in [-0.39, 0.29) is 20.1 Å². The van der Waals surface area contributed by atoms with Crippen LogP contribution in [0.3, 0.4) is 0 Å². The summed E-state index contributed by atoms with van der Waals surface area (Å²) >= 11 is 4.10. The molecule has 240 valence electrons. The van der Waals surface area contributed by atoms with Crippen LogP contribution in [0.2, 0.25) is 0 Å². The summed E-state index contributed by atoms with van der Waals surface area (Å²) in [5.74, 6) is 0. The quantitative estimate of drug-likeness (QED) is 0.166. The minimum Gasteiger partial charge on any atom is -0.255 e. The van der Waals surface area contributed by atoms with E-state index in [1.54, 1.807) is 52.5 Å². The fourth-order valence-corrected chi connectivity index (χ4v) is 5.58. The van der Waals surface area contributed by atoms with Crippen molar-refractivity contribution < 1.29 is 59.6 Å². The van der Waals surface area contributed by atoms with Crippen LogP contribution >= 0.6 is 34.0 Å². The molecular weight excluding hydrogens is 862 g/mol. The number of hydrogen-bond donors (Lipinski definition) is 0. The van der Waals surface area contributed by atoms with Crippen molar-refractivity contribution >= 4 is 34.0 Å². The molecule has 0 saturated carbocycles. The molecule has 0 amide bonds. The van der Waals surface area contributed by atoms with Crippen molar-refractivity contribution in [1.82, 2.24) is 15.0 Å². The molecule has 0 fully saturated rings. The Labute approximate surface area is 281 Å². The van der Waals surface area contributed by atoms with Gasteiger partial charge in [-0.25, -0.2) is 0 Å². The Morgan fingerprint density at radius 3 is 0.870 bits per heavy atom. The molecule has 0 unspecified atom stereocenters. The summed E-state index contributed by atoms with van der Waals surface area (Å²) in [6.07, 6.45) is -9.40. The van der Waals surface area contributed by atoms with Crippen molar-refractivity contribution in [3.05, 3.63) is 124 Å². The van der Waals surface area contributed by atoms with Crippen LogP contribution in [0, 0.1) is 0 Å². The summed E-state index contributed by atoms with van der Waals surface area (Å²) < 4.78 is 111. The fraction of sp³-hybridized carbons (Fsp3) is 0.100. The Kier molecular flexibility index (Phi) is 12.8. The molecular formula is C30H18F9IrN3S3+3. The van der Waals surface area contributed by atoms with Crippen LogP contribution in [0.25, 0.3) is 31.7 Å². The summed E-state index contributed by atoms with van der Waals surface area (Å²) in [6, 6.07) is 16.7. The summed E-state index contributed by atoms with van der Waals surface area (Å²) in [5.41, 5.74) is -0.915. The molecule has 0 N–H and O–H groups in total. The maximum absolute atomic E-state index is 12.4. The van der Waals surface area contributed by atoms with Gasteiger partial charge in [-0.2, -0.15) is 39.5 Å². The molecule has 3 nitrogen and oxygen atoms in total. The van der Waals surface area contributed by atoms with Gasteiger partial charge in [0.1, 0.15) is 0 Å². The van der Waals surface area contributed by atoms with Crippen molar-refractivity contribution in [2.24, 2.45) is 0 Å². The number of aromatic nitrogens is 3. The van der Waals surface area contributed by atoms with Crippen molar-refractivity contribution in [2.45, 2.75) is 18.5 Å². The van der Waals surface area contributed by atoms with Crippen LogP contribution < -0.4 is 0 Å². The molecule has 0 atom stereocenters. The first kappa shape index (κ1) is 37.0. The van der Waals surface area contributed by atoms with Crippen LogP contribution in [0.15, 0.2) is 108 Å². The van der Waals surface area contributed by atoms with Gasteiger partial charge in [-0.05, 0) is 70.7 Å². The Morgan fingerprint density at radius 1 is 0.413 bits per heavy atom. The maximum atomic E-state index is 12.4. The summed E-state index contributed by atoms with van der Waals surface area (Å²) in [5, 5.41) is 5.41. The number of alkyl halides is 9. The summed E-state index contributed by atoms with van der Waals surface area (Å²) in [6.45, 7) is 0. The molecule has 6 aromatic rings. The van der Waals surface area contributed by atoms with E-state index in [9.17, 15) is 39.5 Å². The first-order valence-corrected chi connectivity index (χ1v) is 15.1. The van der Waals surface area contributed by atoms with Crippen molar-refractivity contribution in [1.29, 1.82) is 0 Å². The first-order chi connectivity index (χ1) is 21.2. The standard InChI is InChI=1S/3C10H6F3NS.Ir/c3*11-10(12,13)7-3-4-14-8(6-7)9-2-1-5-15-9;/h3*1-6H;/q;;;+3. The van der Waals surface area contributed by atoms with E-state index < -0.39 is 35.2 Å². The molecule has 6 rings (SSSR count). The van der Waals surface area contributed by atoms with Crippen molar-refractivity contribution in [2.75, 3.05) is 0 Å². The van der Waals surface area contributed by atoms with E-state index >= 15 is 0 Å². The summed E-state index contributed by atoms with van der Waals surface area (Å²) in [4.78, 5) is 13.9. The first-order valence-electron chi connectivity index (χ1n) is 12.4. The van der Waals surface area contributed by atoms with Gasteiger partial charge in [0.25, 0.3) is 0 Å². The van der Waals surface area contributed by atoms with Gasteiger partial charge in [-0.3, -0.25) is 15.0 Å². The normalized spacial score (nSPS) is 11.4. The maximum Gasteiger partial charge on any atom is 3.00 e. The number of nitrogens with zero attached hydrogens (tertiary/aromatic N) is 3. The predicted molar refractivity (Wildman–Crippen MR) is 158 cm³/mol. The Morgan fingerprint density at radius 2 is 0.674 bits per heavy atom. The van der Waals surface area contributed by atoms with Crippen molar-refractivity contribution in [3.63, 3.8) is 0 Å². The molecule has 0 aliphatic rings. The topological polar surface area (TPSA) is 38.7 Å². The van der Waals surface area contributed by atoms with E-state index in [1.807, 2.05) is 0 Å². The number of halogens is 9. The number of thiophene rings is 3. The van der Waals surface area contributed by atoms with E-state index in [0.717, 1.165) is 51.0 Å². The van der Waals surface area contributed by atoms with Gasteiger partial charge in [0.15, 0.2) is 0 Å². The van der Waals surface area contributed by atoms with Gasteiger partial charge < -0.3 is 0 Å². The summed E-state index contributed by atoms with van der Waals surface area (Å²) in [7, 11) is 0. The molecule has 0 bridgehead atoms. The smallest absolute Gasteiger partial charge is 0.255 e. The molecule has 0 radical (unpaired) electrons. The number of pyridine rings is 3. The Balaban J connectivity index is 0.000000186. The third kappa shape index (κ3) is 10.6. The Bertz CT molecular complexity index is 1560. The third-order valence-electron chi connectivity index (χ3n) is 5.58. The average molecular weight is 880 g/mol. The van der Waals surface area contributed by atoms with Crippen LogP contribution in [-0.2, 0) is 38.6 Å². The van der Waals surface area contributed by atoms with Crippen LogP contribution in [0.4, 0.5) is 39.5 Å². The average Bonchev–Trinajstić information content (AvgIpc) is 3.81. The minimum absolute atomic E-state index is 0. The van der Waals surface area contributed by atoms with Crippen LogP contribution in [-0.4, -0.2) is 15.0 Å². The number of rotatable bonds is 3. The van der Waals surface area contributed by atoms with Gasteiger partial charge in [0.05, 0.1) is 48.4 Å². The third-order valence-corrected chi connectivity index (χ3v) is 8.26. The Hall–Kier alpha value is -3.43. The molecule has 0 spiro atoms. The van der Waals surface area contributed by atoms with E-state index in [4.69, 9.17) is 0 Å². The molecule has 0 aliphatic heterocycles. The second-order valence-electron chi connectivity index (χ2n) is 8.71. The number of hydrogen-bond acceptors (Lipinski definition) is 6. The van der Waals surface area contributed by atoms with Crippen LogP contribution in [0.5, 0.6) is 0 Å². The molecule has 0 aliphatic carbocycles. The second-order valence-corrected chi connectivity index (χ2v) is 11.6. The molecule has 46 heavy (non-hydrogen) atoms. The van der Waals surface area contributed by atoms with Crippen LogP contribution in [0.1, 0.15) is 16.7 Å². The zero-order valence-corrected chi connectivity index (χ0v) is 27.5. The van der Waals surface area contributed by atoms with Gasteiger partial charge in [0.2, 0.25) is 0 Å². The largest absolute Gasteiger partial charge is 3.00 e. The fourth-order valence-electron chi connectivity index (χ4n) is 3.50. The zero-order valence-electron chi connectivity index (χ0n) is 22.7. The van der Waals surface area contributed by atoms with Gasteiger partial charge in [-0.15, -0.1) is 34.0 Å². The zero-order chi connectivity index (χ0) is 32.7. The van der Waals surface area contributed by atoms with Crippen molar-refractivity contribution in [3.8, 4) is 31.7 Å². The molecule has 6 heterocycles. The second kappa shape index (κ2) is 15.9. The molecule has 16 heteroatoms. The minimum atomic E-state index is -4.31. The SMILES string of the molecule is FC(F)(F)c1ccnc(-c2cccs2)c1.FC(F)(F)c1ccnc(-c2cccs2)c1.FC(F)(F)c1ccnc(-c2cccs2)c1.[Ir+3]. The van der Waals surface area contributed by atoms with Gasteiger partial charge >= 0.3 is 38.6 Å². The molecule has 6 aromatic heterocycles. The predicted octanol–water partition coefficient (Wildman–Crippen LogP) is 11.5. The molecule has 0 saturated heterocycles. The van der Waals surface area contributed by atoms with E-state index in [0.29, 0.717) is 17.1 Å². The van der Waals surface area contributed by atoms with Gasteiger partial charge in [-0.1, -0.05) is 18.2 Å². The molecule has 0 aromatic carbocycles. The van der Waals surface area contributed by atoms with E-state index in [2.05, 4.69) is 15.0 Å².